The maximum Gasteiger partial charge on any atom is 0.251 e. The summed E-state index contributed by atoms with van der Waals surface area (Å²) in [5.41, 5.74) is 2.01. The molecule has 0 saturated carbocycles. The smallest absolute Gasteiger partial charge is 0.251 e. The van der Waals surface area contributed by atoms with Gasteiger partial charge in [-0.25, -0.2) is 0 Å². The standard InChI is InChI=1S/C19H27N3O/c1-21-10-12-22(13-11-21)15-16-6-5-7-17(14-16)19(23)20-18-8-3-2-4-9-18/h2-3,5-7,14,18H,4,8-13,15H2,1H3,(H,20,23)/t18-/m1/s1. The summed E-state index contributed by atoms with van der Waals surface area (Å²) in [5.74, 6) is 0.0607. The number of rotatable bonds is 4. The van der Waals surface area contributed by atoms with E-state index in [9.17, 15) is 4.79 Å². The quantitative estimate of drug-likeness (QED) is 0.866. The Morgan fingerprint density at radius 1 is 1.22 bits per heavy atom. The Balaban J connectivity index is 1.58. The van der Waals surface area contributed by atoms with Gasteiger partial charge in [0.15, 0.2) is 0 Å². The summed E-state index contributed by atoms with van der Waals surface area (Å²) in [6.45, 7) is 5.37. The first-order valence-corrected chi connectivity index (χ1v) is 8.66. The van der Waals surface area contributed by atoms with Gasteiger partial charge in [-0.05, 0) is 44.0 Å². The Hall–Kier alpha value is -1.65. The van der Waals surface area contributed by atoms with Crippen LogP contribution >= 0.6 is 0 Å². The summed E-state index contributed by atoms with van der Waals surface area (Å²) in [4.78, 5) is 17.3. The van der Waals surface area contributed by atoms with E-state index in [0.29, 0.717) is 0 Å². The number of hydrogen-bond donors (Lipinski definition) is 1. The van der Waals surface area contributed by atoms with E-state index in [1.54, 1.807) is 0 Å². The predicted octanol–water partition coefficient (Wildman–Crippen LogP) is 2.27. The van der Waals surface area contributed by atoms with Crippen molar-refractivity contribution in [3.8, 4) is 0 Å². The van der Waals surface area contributed by atoms with Crippen LogP contribution in [0.5, 0.6) is 0 Å². The lowest BCUT2D eigenvalue weighted by molar-refractivity contribution is 0.0934. The van der Waals surface area contributed by atoms with Crippen LogP contribution < -0.4 is 5.32 Å². The molecule has 1 N–H and O–H groups in total. The zero-order valence-corrected chi connectivity index (χ0v) is 14.0. The number of amides is 1. The fourth-order valence-corrected chi connectivity index (χ4v) is 3.27. The lowest BCUT2D eigenvalue weighted by Crippen LogP contribution is -2.43. The summed E-state index contributed by atoms with van der Waals surface area (Å²) in [6.07, 6.45) is 7.42. The minimum absolute atomic E-state index is 0.0607. The molecule has 1 aromatic carbocycles. The first-order valence-electron chi connectivity index (χ1n) is 8.66. The van der Waals surface area contributed by atoms with Gasteiger partial charge in [0.25, 0.3) is 5.91 Å². The third-order valence-corrected chi connectivity index (χ3v) is 4.80. The Kier molecular flexibility index (Phi) is 5.47. The zero-order chi connectivity index (χ0) is 16.1. The van der Waals surface area contributed by atoms with Crippen molar-refractivity contribution < 1.29 is 4.79 Å². The molecule has 1 fully saturated rings. The van der Waals surface area contributed by atoms with Crippen molar-refractivity contribution in [1.29, 1.82) is 0 Å². The number of hydrogen-bond acceptors (Lipinski definition) is 3. The van der Waals surface area contributed by atoms with Crippen molar-refractivity contribution in [3.05, 3.63) is 47.5 Å². The van der Waals surface area contributed by atoms with Gasteiger partial charge >= 0.3 is 0 Å². The topological polar surface area (TPSA) is 35.6 Å². The van der Waals surface area contributed by atoms with Crippen LogP contribution in [-0.4, -0.2) is 55.0 Å². The number of carbonyl (C=O) groups excluding carboxylic acids is 1. The molecule has 0 radical (unpaired) electrons. The minimum atomic E-state index is 0.0607. The Labute approximate surface area is 139 Å². The second-order valence-electron chi connectivity index (χ2n) is 6.73. The lowest BCUT2D eigenvalue weighted by Gasteiger charge is -2.32. The highest BCUT2D eigenvalue weighted by Gasteiger charge is 2.16. The first-order chi connectivity index (χ1) is 11.2. The maximum atomic E-state index is 12.4. The van der Waals surface area contributed by atoms with Crippen LogP contribution in [0.15, 0.2) is 36.4 Å². The summed E-state index contributed by atoms with van der Waals surface area (Å²) in [6, 6.07) is 8.38. The van der Waals surface area contributed by atoms with E-state index < -0.39 is 0 Å². The summed E-state index contributed by atoms with van der Waals surface area (Å²) in [7, 11) is 2.17. The van der Waals surface area contributed by atoms with Gasteiger partial charge in [0.1, 0.15) is 0 Å². The molecular formula is C19H27N3O. The molecule has 2 aliphatic rings. The van der Waals surface area contributed by atoms with Crippen LogP contribution in [0.3, 0.4) is 0 Å². The van der Waals surface area contributed by atoms with Crippen LogP contribution in [0.1, 0.15) is 35.2 Å². The molecule has 4 heteroatoms. The molecule has 1 aliphatic heterocycles. The second kappa shape index (κ2) is 7.75. The van der Waals surface area contributed by atoms with E-state index in [0.717, 1.165) is 57.5 Å². The second-order valence-corrected chi connectivity index (χ2v) is 6.73. The van der Waals surface area contributed by atoms with Gasteiger partial charge in [0.05, 0.1) is 0 Å². The van der Waals surface area contributed by atoms with Crippen LogP contribution in [0.4, 0.5) is 0 Å². The molecule has 23 heavy (non-hydrogen) atoms. The van der Waals surface area contributed by atoms with Gasteiger partial charge in [-0.3, -0.25) is 9.69 Å². The number of nitrogens with one attached hydrogen (secondary N) is 1. The van der Waals surface area contributed by atoms with Gasteiger partial charge in [-0.15, -0.1) is 0 Å². The molecule has 1 atom stereocenters. The average Bonchev–Trinajstić information content (AvgIpc) is 2.58. The predicted molar refractivity (Wildman–Crippen MR) is 93.5 cm³/mol. The normalized spacial score (nSPS) is 22.9. The highest BCUT2D eigenvalue weighted by molar-refractivity contribution is 5.94. The van der Waals surface area contributed by atoms with Gasteiger partial charge in [0, 0.05) is 44.3 Å². The van der Waals surface area contributed by atoms with E-state index in [2.05, 4.69) is 40.4 Å². The van der Waals surface area contributed by atoms with Gasteiger partial charge in [-0.1, -0.05) is 24.3 Å². The average molecular weight is 313 g/mol. The number of nitrogens with zero attached hydrogens (tertiary/aromatic N) is 2. The number of piperazine rings is 1. The molecule has 1 aromatic rings. The molecule has 3 rings (SSSR count). The lowest BCUT2D eigenvalue weighted by atomic mass is 10.0. The molecule has 1 amide bonds. The molecule has 4 nitrogen and oxygen atoms in total. The number of likely N-dealkylation sites (N-methyl/N-ethyl adjacent to an activating group) is 1. The van der Waals surface area contributed by atoms with E-state index in [4.69, 9.17) is 0 Å². The van der Waals surface area contributed by atoms with E-state index in [1.807, 2.05) is 18.2 Å². The third kappa shape index (κ3) is 4.66. The fraction of sp³-hybridized carbons (Fsp3) is 0.526. The van der Waals surface area contributed by atoms with E-state index in [1.165, 1.54) is 5.56 Å². The Morgan fingerprint density at radius 3 is 2.78 bits per heavy atom. The fourth-order valence-electron chi connectivity index (χ4n) is 3.27. The largest absolute Gasteiger partial charge is 0.349 e. The number of benzene rings is 1. The highest BCUT2D eigenvalue weighted by atomic mass is 16.1. The van der Waals surface area contributed by atoms with E-state index in [-0.39, 0.29) is 11.9 Å². The third-order valence-electron chi connectivity index (χ3n) is 4.80. The SMILES string of the molecule is CN1CCN(Cc2cccc(C(=O)N[C@@H]3CC=CCC3)c2)CC1. The molecule has 124 valence electrons. The molecule has 0 aromatic heterocycles. The molecule has 1 saturated heterocycles. The highest BCUT2D eigenvalue weighted by Crippen LogP contribution is 2.13. The summed E-state index contributed by atoms with van der Waals surface area (Å²) >= 11 is 0. The molecule has 0 bridgehead atoms. The van der Waals surface area contributed by atoms with Gasteiger partial charge < -0.3 is 10.2 Å². The summed E-state index contributed by atoms with van der Waals surface area (Å²) < 4.78 is 0. The van der Waals surface area contributed by atoms with Crippen molar-refractivity contribution in [2.45, 2.75) is 31.8 Å². The molecular weight excluding hydrogens is 286 g/mol. The maximum absolute atomic E-state index is 12.4. The van der Waals surface area contributed by atoms with Crippen molar-refractivity contribution >= 4 is 5.91 Å². The van der Waals surface area contributed by atoms with E-state index >= 15 is 0 Å². The van der Waals surface area contributed by atoms with Crippen molar-refractivity contribution in [2.75, 3.05) is 33.2 Å². The monoisotopic (exact) mass is 313 g/mol. The van der Waals surface area contributed by atoms with Crippen molar-refractivity contribution in [2.24, 2.45) is 0 Å². The Morgan fingerprint density at radius 2 is 2.04 bits per heavy atom. The van der Waals surface area contributed by atoms with Crippen molar-refractivity contribution in [1.82, 2.24) is 15.1 Å². The zero-order valence-electron chi connectivity index (χ0n) is 14.0. The van der Waals surface area contributed by atoms with Crippen molar-refractivity contribution in [3.63, 3.8) is 0 Å². The molecule has 1 heterocycles. The molecule has 0 unspecified atom stereocenters. The van der Waals surface area contributed by atoms with Crippen LogP contribution in [0, 0.1) is 0 Å². The van der Waals surface area contributed by atoms with Crippen LogP contribution in [0.25, 0.3) is 0 Å². The molecule has 1 aliphatic carbocycles. The minimum Gasteiger partial charge on any atom is -0.349 e. The first kappa shape index (κ1) is 16.2. The molecule has 0 spiro atoms. The Bertz CT molecular complexity index is 561. The summed E-state index contributed by atoms with van der Waals surface area (Å²) in [5, 5.41) is 3.16. The van der Waals surface area contributed by atoms with Crippen LogP contribution in [0.2, 0.25) is 0 Å². The van der Waals surface area contributed by atoms with Gasteiger partial charge in [0.2, 0.25) is 0 Å². The number of allylic oxidation sites excluding steroid dienone is 1. The van der Waals surface area contributed by atoms with Crippen LogP contribution in [-0.2, 0) is 6.54 Å². The number of carbonyl (C=O) groups is 1. The van der Waals surface area contributed by atoms with Gasteiger partial charge in [-0.2, -0.15) is 0 Å².